The van der Waals surface area contributed by atoms with E-state index in [-0.39, 0.29) is 0 Å². The SMILES string of the molecule is CN(C)CC#Cc1ccc2nc(-c3cccnc3N)n(-c3ccc4c(c3)CCC4)c2n1. The number of rotatable bonds is 3. The van der Waals surface area contributed by atoms with E-state index in [1.54, 1.807) is 6.20 Å². The Bertz CT molecular complexity index is 1340. The van der Waals surface area contributed by atoms with Gasteiger partial charge in [0, 0.05) is 11.9 Å². The lowest BCUT2D eigenvalue weighted by Gasteiger charge is -2.12. The second-order valence-corrected chi connectivity index (χ2v) is 8.09. The van der Waals surface area contributed by atoms with Crippen LogP contribution in [0.1, 0.15) is 23.2 Å². The summed E-state index contributed by atoms with van der Waals surface area (Å²) < 4.78 is 2.08. The second-order valence-electron chi connectivity index (χ2n) is 8.09. The molecule has 154 valence electrons. The van der Waals surface area contributed by atoms with Gasteiger partial charge in [-0.2, -0.15) is 0 Å². The van der Waals surface area contributed by atoms with E-state index in [4.69, 9.17) is 15.7 Å². The van der Waals surface area contributed by atoms with Gasteiger partial charge in [0.05, 0.1) is 12.1 Å². The number of imidazole rings is 1. The summed E-state index contributed by atoms with van der Waals surface area (Å²) in [5, 5.41) is 0. The number of anilines is 1. The van der Waals surface area contributed by atoms with Crippen LogP contribution in [0.4, 0.5) is 5.82 Å². The molecule has 0 aliphatic heterocycles. The lowest BCUT2D eigenvalue weighted by molar-refractivity contribution is 0.464. The second kappa shape index (κ2) is 7.86. The molecule has 0 saturated heterocycles. The number of pyridine rings is 2. The smallest absolute Gasteiger partial charge is 0.166 e. The summed E-state index contributed by atoms with van der Waals surface area (Å²) in [4.78, 5) is 16.1. The summed E-state index contributed by atoms with van der Waals surface area (Å²) in [5.41, 5.74) is 13.2. The van der Waals surface area contributed by atoms with E-state index in [0.717, 1.165) is 46.8 Å². The van der Waals surface area contributed by atoms with Crippen LogP contribution in [-0.2, 0) is 12.8 Å². The average Bonchev–Trinajstić information content (AvgIpc) is 3.37. The van der Waals surface area contributed by atoms with Crippen molar-refractivity contribution in [3.63, 3.8) is 0 Å². The largest absolute Gasteiger partial charge is 0.383 e. The highest BCUT2D eigenvalue weighted by atomic mass is 15.1. The number of aryl methyl sites for hydroxylation is 2. The molecule has 0 atom stereocenters. The molecule has 6 heteroatoms. The van der Waals surface area contributed by atoms with Crippen molar-refractivity contribution < 1.29 is 0 Å². The Labute approximate surface area is 181 Å². The van der Waals surface area contributed by atoms with Crippen molar-refractivity contribution in [2.24, 2.45) is 0 Å². The molecule has 6 nitrogen and oxygen atoms in total. The third-order valence-electron chi connectivity index (χ3n) is 5.54. The Hall–Kier alpha value is -3.69. The summed E-state index contributed by atoms with van der Waals surface area (Å²) >= 11 is 0. The fraction of sp³-hybridized carbons (Fsp3) is 0.240. The van der Waals surface area contributed by atoms with Gasteiger partial charge in [-0.15, -0.1) is 0 Å². The minimum Gasteiger partial charge on any atom is -0.383 e. The van der Waals surface area contributed by atoms with Crippen molar-refractivity contribution >= 4 is 17.0 Å². The first kappa shape index (κ1) is 19.3. The summed E-state index contributed by atoms with van der Waals surface area (Å²) in [5.74, 6) is 7.52. The molecule has 0 spiro atoms. The van der Waals surface area contributed by atoms with Gasteiger partial charge >= 0.3 is 0 Å². The lowest BCUT2D eigenvalue weighted by atomic mass is 10.1. The van der Waals surface area contributed by atoms with Gasteiger partial charge in [-0.1, -0.05) is 12.0 Å². The topological polar surface area (TPSA) is 72.9 Å². The number of fused-ring (bicyclic) bond motifs is 2. The first-order chi connectivity index (χ1) is 15.1. The molecule has 1 aliphatic carbocycles. The van der Waals surface area contributed by atoms with Crippen molar-refractivity contribution in [3.05, 3.63) is 65.5 Å². The third kappa shape index (κ3) is 3.65. The average molecular weight is 409 g/mol. The van der Waals surface area contributed by atoms with E-state index in [1.807, 2.05) is 43.3 Å². The van der Waals surface area contributed by atoms with Crippen molar-refractivity contribution in [2.45, 2.75) is 19.3 Å². The number of aromatic nitrogens is 4. The van der Waals surface area contributed by atoms with Gasteiger partial charge in [-0.25, -0.2) is 15.0 Å². The fourth-order valence-corrected chi connectivity index (χ4v) is 4.04. The van der Waals surface area contributed by atoms with E-state index in [9.17, 15) is 0 Å². The molecule has 3 heterocycles. The predicted molar refractivity (Wildman–Crippen MR) is 124 cm³/mol. The number of hydrogen-bond donors (Lipinski definition) is 1. The van der Waals surface area contributed by atoms with E-state index < -0.39 is 0 Å². The monoisotopic (exact) mass is 408 g/mol. The molecule has 0 fully saturated rings. The minimum absolute atomic E-state index is 0.450. The van der Waals surface area contributed by atoms with Crippen molar-refractivity contribution in [1.29, 1.82) is 0 Å². The molecule has 4 aromatic rings. The van der Waals surface area contributed by atoms with Crippen LogP contribution in [0.25, 0.3) is 28.2 Å². The first-order valence-corrected chi connectivity index (χ1v) is 10.5. The lowest BCUT2D eigenvalue weighted by Crippen LogP contribution is -2.10. The molecule has 0 unspecified atom stereocenters. The quantitative estimate of drug-likeness (QED) is 0.526. The Morgan fingerprint density at radius 2 is 1.94 bits per heavy atom. The molecule has 3 aromatic heterocycles. The highest BCUT2D eigenvalue weighted by molar-refractivity contribution is 5.83. The van der Waals surface area contributed by atoms with Crippen LogP contribution in [-0.4, -0.2) is 45.1 Å². The Kier molecular flexibility index (Phi) is 4.89. The maximum Gasteiger partial charge on any atom is 0.166 e. The number of hydrogen-bond acceptors (Lipinski definition) is 5. The zero-order valence-corrected chi connectivity index (χ0v) is 17.8. The Morgan fingerprint density at radius 1 is 1.06 bits per heavy atom. The Morgan fingerprint density at radius 3 is 2.77 bits per heavy atom. The number of nitrogens with zero attached hydrogens (tertiary/aromatic N) is 5. The molecule has 0 bridgehead atoms. The van der Waals surface area contributed by atoms with Gasteiger partial charge in [-0.3, -0.25) is 9.47 Å². The van der Waals surface area contributed by atoms with Gasteiger partial charge in [0.15, 0.2) is 11.5 Å². The first-order valence-electron chi connectivity index (χ1n) is 10.5. The molecule has 5 rings (SSSR count). The summed E-state index contributed by atoms with van der Waals surface area (Å²) in [6, 6.07) is 14.3. The van der Waals surface area contributed by atoms with Gasteiger partial charge in [0.2, 0.25) is 0 Å². The van der Waals surface area contributed by atoms with Crippen molar-refractivity contribution in [2.75, 3.05) is 26.4 Å². The molecule has 0 radical (unpaired) electrons. The van der Waals surface area contributed by atoms with Gasteiger partial charge in [-0.05, 0) is 86.8 Å². The zero-order chi connectivity index (χ0) is 21.4. The number of benzene rings is 1. The van der Waals surface area contributed by atoms with Gasteiger partial charge < -0.3 is 5.73 Å². The van der Waals surface area contributed by atoms with Crippen LogP contribution in [0.2, 0.25) is 0 Å². The van der Waals surface area contributed by atoms with E-state index in [2.05, 4.69) is 39.6 Å². The molecular formula is C25H24N6. The molecule has 31 heavy (non-hydrogen) atoms. The van der Waals surface area contributed by atoms with Crippen LogP contribution >= 0.6 is 0 Å². The molecule has 0 saturated carbocycles. The highest BCUT2D eigenvalue weighted by Gasteiger charge is 2.20. The van der Waals surface area contributed by atoms with Crippen LogP contribution in [0.3, 0.4) is 0 Å². The van der Waals surface area contributed by atoms with Gasteiger partial charge in [0.25, 0.3) is 0 Å². The van der Waals surface area contributed by atoms with Crippen molar-refractivity contribution in [1.82, 2.24) is 24.4 Å². The normalized spacial score (nSPS) is 12.7. The summed E-state index contributed by atoms with van der Waals surface area (Å²) in [7, 11) is 4.00. The molecule has 1 aliphatic rings. The molecule has 1 aromatic carbocycles. The summed E-state index contributed by atoms with van der Waals surface area (Å²) in [6.45, 7) is 0.682. The molecule has 2 N–H and O–H groups in total. The standard InChI is InChI=1S/C25H24N6/c1-30(2)15-5-8-19-11-13-22-25(28-19)31(20-12-10-17-6-3-7-18(17)16-20)24(29-22)21-9-4-14-27-23(21)26/h4,9-14,16H,3,6-7,15H2,1-2H3,(H2,26,27). The molecular weight excluding hydrogens is 384 g/mol. The predicted octanol–water partition coefficient (Wildman–Crippen LogP) is 3.47. The minimum atomic E-state index is 0.450. The van der Waals surface area contributed by atoms with Crippen molar-refractivity contribution in [3.8, 4) is 28.9 Å². The maximum absolute atomic E-state index is 6.22. The Balaban J connectivity index is 1.73. The fourth-order valence-electron chi connectivity index (χ4n) is 4.04. The number of nitrogens with two attached hydrogens (primary N) is 1. The van der Waals surface area contributed by atoms with E-state index >= 15 is 0 Å². The van der Waals surface area contributed by atoms with Crippen LogP contribution in [0.5, 0.6) is 0 Å². The van der Waals surface area contributed by atoms with Crippen LogP contribution < -0.4 is 5.73 Å². The van der Waals surface area contributed by atoms with E-state index in [0.29, 0.717) is 12.4 Å². The number of nitrogen functional groups attached to an aromatic ring is 1. The van der Waals surface area contributed by atoms with E-state index in [1.165, 1.54) is 17.5 Å². The zero-order valence-electron chi connectivity index (χ0n) is 17.8. The maximum atomic E-state index is 6.22. The van der Waals surface area contributed by atoms with Crippen LogP contribution in [0.15, 0.2) is 48.7 Å². The van der Waals surface area contributed by atoms with Gasteiger partial charge in [0.1, 0.15) is 17.0 Å². The third-order valence-corrected chi connectivity index (χ3v) is 5.54. The molecule has 0 amide bonds. The summed E-state index contributed by atoms with van der Waals surface area (Å²) in [6.07, 6.45) is 5.15. The van der Waals surface area contributed by atoms with Crippen LogP contribution in [0, 0.1) is 11.8 Å². The highest BCUT2D eigenvalue weighted by Crippen LogP contribution is 2.32.